The van der Waals surface area contributed by atoms with Crippen molar-refractivity contribution in [3.8, 4) is 11.1 Å². The second-order valence-electron chi connectivity index (χ2n) is 16.4. The van der Waals surface area contributed by atoms with E-state index in [1.807, 2.05) is 75.5 Å². The molecular weight excluding hydrogens is 723 g/mol. The Morgan fingerprint density at radius 1 is 0.964 bits per heavy atom. The Morgan fingerprint density at radius 3 is 2.55 bits per heavy atom. The fourth-order valence-electron chi connectivity index (χ4n) is 8.64. The molecule has 1 amide bonds. The second kappa shape index (κ2) is 16.4. The minimum absolute atomic E-state index is 0.190. The smallest absolute Gasteiger partial charge is 0.358 e. The zero-order chi connectivity index (χ0) is 38.8. The van der Waals surface area contributed by atoms with E-state index in [4.69, 9.17) is 19.6 Å². The number of hydrogen-bond acceptors (Lipinski definition) is 10. The topological polar surface area (TPSA) is 115 Å². The molecule has 11 nitrogen and oxygen atoms in total. The summed E-state index contributed by atoms with van der Waals surface area (Å²) in [5.74, 6) is 0.574. The van der Waals surface area contributed by atoms with Gasteiger partial charge in [-0.3, -0.25) is 19.7 Å². The molecule has 294 valence electrons. The maximum Gasteiger partial charge on any atom is 0.358 e. The molecule has 2 aliphatic heterocycles. The number of para-hydroxylation sites is 1. The van der Waals surface area contributed by atoms with Crippen LogP contribution in [0.1, 0.15) is 103 Å². The number of amides is 1. The summed E-state index contributed by atoms with van der Waals surface area (Å²) in [6.45, 7) is 13.5. The summed E-state index contributed by atoms with van der Waals surface area (Å²) in [5, 5.41) is 8.67. The van der Waals surface area contributed by atoms with Crippen LogP contribution in [0.2, 0.25) is 0 Å². The molecule has 12 heteroatoms. The van der Waals surface area contributed by atoms with Crippen molar-refractivity contribution in [3.05, 3.63) is 88.9 Å². The predicted molar refractivity (Wildman–Crippen MR) is 222 cm³/mol. The first kappa shape index (κ1) is 38.2. The zero-order valence-corrected chi connectivity index (χ0v) is 33.9. The minimum Gasteiger partial charge on any atom is -0.455 e. The highest BCUT2D eigenvalue weighted by molar-refractivity contribution is 7.22. The first-order valence-electron chi connectivity index (χ1n) is 20.2. The summed E-state index contributed by atoms with van der Waals surface area (Å²) in [6.07, 6.45) is 9.93. The van der Waals surface area contributed by atoms with Gasteiger partial charge in [-0.05, 0) is 101 Å². The largest absolute Gasteiger partial charge is 0.455 e. The summed E-state index contributed by atoms with van der Waals surface area (Å²) >= 11 is 1.46. The Hall–Kier alpha value is -4.65. The molecule has 0 spiro atoms. The molecular formula is C44H53N7O4S. The van der Waals surface area contributed by atoms with Crippen LogP contribution in [0.15, 0.2) is 60.8 Å². The van der Waals surface area contributed by atoms with Crippen molar-refractivity contribution < 1.29 is 19.1 Å². The van der Waals surface area contributed by atoms with Crippen molar-refractivity contribution in [2.45, 2.75) is 90.8 Å². The number of aromatic nitrogens is 4. The van der Waals surface area contributed by atoms with Gasteiger partial charge in [-0.25, -0.2) is 14.8 Å². The van der Waals surface area contributed by atoms with Crippen LogP contribution in [0.5, 0.6) is 0 Å². The summed E-state index contributed by atoms with van der Waals surface area (Å²) < 4.78 is 14.9. The third-order valence-electron chi connectivity index (χ3n) is 11.5. The number of carbonyl (C=O) groups is 2. The Balaban J connectivity index is 1.09. The molecule has 5 heterocycles. The van der Waals surface area contributed by atoms with Crippen LogP contribution in [0, 0.1) is 12.8 Å². The number of morpholine rings is 1. The van der Waals surface area contributed by atoms with Gasteiger partial charge in [0.2, 0.25) is 0 Å². The predicted octanol–water partition coefficient (Wildman–Crippen LogP) is 8.48. The van der Waals surface area contributed by atoms with Crippen molar-refractivity contribution in [1.82, 2.24) is 24.6 Å². The van der Waals surface area contributed by atoms with Gasteiger partial charge in [-0.2, -0.15) is 5.10 Å². The number of nitrogens with one attached hydrogen (secondary N) is 1. The number of anilines is 2. The van der Waals surface area contributed by atoms with E-state index >= 15 is 0 Å². The van der Waals surface area contributed by atoms with E-state index < -0.39 is 11.6 Å². The number of esters is 1. The average Bonchev–Trinajstić information content (AvgIpc) is 3.79. The Labute approximate surface area is 333 Å². The summed E-state index contributed by atoms with van der Waals surface area (Å²) in [4.78, 5) is 42.1. The van der Waals surface area contributed by atoms with Gasteiger partial charge in [0, 0.05) is 55.1 Å². The fraction of sp³-hybridized carbons (Fsp3) is 0.477. The van der Waals surface area contributed by atoms with Gasteiger partial charge in [0.25, 0.3) is 5.91 Å². The Kier molecular flexibility index (Phi) is 11.2. The molecule has 2 fully saturated rings. The molecule has 0 bridgehead atoms. The van der Waals surface area contributed by atoms with Crippen LogP contribution >= 0.6 is 11.3 Å². The number of thiazole rings is 1. The summed E-state index contributed by atoms with van der Waals surface area (Å²) in [5.41, 5.74) is 5.78. The highest BCUT2D eigenvalue weighted by Crippen LogP contribution is 2.39. The van der Waals surface area contributed by atoms with Crippen LogP contribution in [0.3, 0.4) is 0 Å². The van der Waals surface area contributed by atoms with E-state index in [1.54, 1.807) is 0 Å². The van der Waals surface area contributed by atoms with Gasteiger partial charge >= 0.3 is 5.97 Å². The summed E-state index contributed by atoms with van der Waals surface area (Å²) in [6, 6.07) is 18.0. The molecule has 1 saturated heterocycles. The lowest BCUT2D eigenvalue weighted by Crippen LogP contribution is -2.38. The average molecular weight is 776 g/mol. The number of nitrogens with zero attached hydrogens (tertiary/aromatic N) is 6. The van der Waals surface area contributed by atoms with Crippen LogP contribution in [-0.4, -0.2) is 81.5 Å². The molecule has 8 rings (SSSR count). The summed E-state index contributed by atoms with van der Waals surface area (Å²) in [7, 11) is 0. The van der Waals surface area contributed by atoms with Gasteiger partial charge in [-0.15, -0.1) is 0 Å². The quantitative estimate of drug-likeness (QED) is 0.140. The minimum atomic E-state index is -0.702. The zero-order valence-electron chi connectivity index (χ0n) is 33.1. The normalized spacial score (nSPS) is 17.5. The van der Waals surface area contributed by atoms with Crippen molar-refractivity contribution in [2.75, 3.05) is 49.6 Å². The molecule has 1 atom stereocenters. The van der Waals surface area contributed by atoms with Crippen molar-refractivity contribution >= 4 is 44.4 Å². The van der Waals surface area contributed by atoms with Gasteiger partial charge < -0.3 is 14.4 Å². The lowest BCUT2D eigenvalue weighted by Gasteiger charge is -2.34. The molecule has 1 N–H and O–H groups in total. The van der Waals surface area contributed by atoms with Crippen LogP contribution in [0.25, 0.3) is 21.3 Å². The maximum atomic E-state index is 14.0. The van der Waals surface area contributed by atoms with E-state index in [2.05, 4.69) is 37.8 Å². The van der Waals surface area contributed by atoms with E-state index in [0.717, 1.165) is 83.9 Å². The third kappa shape index (κ3) is 8.38. The second-order valence-corrected chi connectivity index (χ2v) is 17.5. The first-order valence-corrected chi connectivity index (χ1v) is 21.0. The number of hydrogen-bond donors (Lipinski definition) is 1. The molecule has 1 unspecified atom stereocenters. The number of ether oxygens (including phenoxy) is 2. The lowest BCUT2D eigenvalue weighted by molar-refractivity contribution is 0.00637. The van der Waals surface area contributed by atoms with E-state index in [9.17, 15) is 9.59 Å². The molecule has 0 radical (unpaired) electrons. The number of carbonyl (C=O) groups excluding carboxylic acids is 2. The van der Waals surface area contributed by atoms with Crippen molar-refractivity contribution in [2.24, 2.45) is 5.92 Å². The Morgan fingerprint density at radius 2 is 1.77 bits per heavy atom. The van der Waals surface area contributed by atoms with Crippen LogP contribution < -0.4 is 10.2 Å². The molecule has 2 aromatic carbocycles. The number of benzene rings is 2. The molecule has 3 aliphatic rings. The first-order chi connectivity index (χ1) is 27.1. The third-order valence-corrected chi connectivity index (χ3v) is 12.5. The van der Waals surface area contributed by atoms with Gasteiger partial charge in [-0.1, -0.05) is 54.9 Å². The van der Waals surface area contributed by atoms with E-state index in [0.29, 0.717) is 35.5 Å². The molecule has 5 aromatic rings. The van der Waals surface area contributed by atoms with Crippen molar-refractivity contribution in [3.63, 3.8) is 0 Å². The van der Waals surface area contributed by atoms with Crippen molar-refractivity contribution in [1.29, 1.82) is 0 Å². The number of fused-ring (bicyclic) bond motifs is 2. The highest BCUT2D eigenvalue weighted by atomic mass is 32.1. The molecule has 1 saturated carbocycles. The highest BCUT2D eigenvalue weighted by Gasteiger charge is 2.31. The SMILES string of the molecule is Cc1c(-c2ccc(N3CCc4cccc(C(=O)Nc5nc6ccccc6s5)c4C3)nc2C(=O)OC(C)(C)C)cnn1C(CCN1CCOCC1)C1CCCCC1. The Bertz CT molecular complexity index is 2160. The maximum absolute atomic E-state index is 14.0. The van der Waals surface area contributed by atoms with Gasteiger partial charge in [0.1, 0.15) is 11.4 Å². The number of pyridine rings is 1. The van der Waals surface area contributed by atoms with Gasteiger partial charge in [0.05, 0.1) is 35.7 Å². The molecule has 56 heavy (non-hydrogen) atoms. The van der Waals surface area contributed by atoms with E-state index in [-0.39, 0.29) is 17.6 Å². The lowest BCUT2D eigenvalue weighted by atomic mass is 9.82. The molecule has 1 aliphatic carbocycles. The van der Waals surface area contributed by atoms with Crippen LogP contribution in [-0.2, 0) is 22.4 Å². The van der Waals surface area contributed by atoms with Gasteiger partial charge in [0.15, 0.2) is 10.8 Å². The fourth-order valence-corrected chi connectivity index (χ4v) is 9.50. The van der Waals surface area contributed by atoms with E-state index in [1.165, 1.54) is 43.4 Å². The molecule has 3 aromatic heterocycles. The number of rotatable bonds is 10. The van der Waals surface area contributed by atoms with Crippen LogP contribution in [0.4, 0.5) is 10.9 Å². The standard InChI is InChI=1S/C44H53N7O4S/c1-29-34(27-45-51(29)37(31-11-6-5-7-12-31)20-21-49-23-25-54-26-24-49)32-17-18-39(47-40(32)42(53)55-44(2,3)4)50-22-19-30-13-10-14-33(35(30)28-50)41(52)48-43-46-36-15-8-9-16-38(36)56-43/h8-10,13-18,27,31,37H,5-7,11-12,19-26,28H2,1-4H3,(H,46,48,52). The monoisotopic (exact) mass is 775 g/mol.